The number of carbonyl (C=O) groups is 2. The van der Waals surface area contributed by atoms with Crippen molar-refractivity contribution in [3.63, 3.8) is 0 Å². The summed E-state index contributed by atoms with van der Waals surface area (Å²) in [6.45, 7) is 3.30. The van der Waals surface area contributed by atoms with Gasteiger partial charge >= 0.3 is 6.03 Å². The molecule has 2 atom stereocenters. The Bertz CT molecular complexity index is 1020. The van der Waals surface area contributed by atoms with Gasteiger partial charge in [0.2, 0.25) is 5.91 Å². The lowest BCUT2D eigenvalue weighted by molar-refractivity contribution is -0.139. The maximum absolute atomic E-state index is 13.1. The third kappa shape index (κ3) is 4.07. The number of piperidine rings is 2. The Hall–Kier alpha value is -2.29. The van der Waals surface area contributed by atoms with Crippen molar-refractivity contribution >= 4 is 34.4 Å². The van der Waals surface area contributed by atoms with Crippen LogP contribution in [0.25, 0.3) is 10.9 Å². The lowest BCUT2D eigenvalue weighted by Crippen LogP contribution is -2.62. The van der Waals surface area contributed by atoms with Crippen LogP contribution in [-0.4, -0.2) is 83.0 Å². The van der Waals surface area contributed by atoms with Crippen LogP contribution in [0.15, 0.2) is 24.4 Å². The maximum atomic E-state index is 13.1. The largest absolute Gasteiger partial charge is 0.395 e. The zero-order valence-electron chi connectivity index (χ0n) is 18.0. The number of rotatable bonds is 3. The van der Waals surface area contributed by atoms with Crippen LogP contribution < -0.4 is 5.32 Å². The summed E-state index contributed by atoms with van der Waals surface area (Å²) in [6.07, 6.45) is 4.66. The molecule has 8 nitrogen and oxygen atoms in total. The Morgan fingerprint density at radius 3 is 2.75 bits per heavy atom. The van der Waals surface area contributed by atoms with E-state index in [-0.39, 0.29) is 37.3 Å². The van der Waals surface area contributed by atoms with E-state index in [0.717, 1.165) is 30.2 Å². The molecule has 2 N–H and O–H groups in total. The molecule has 2 unspecified atom stereocenters. The number of halogens is 1. The summed E-state index contributed by atoms with van der Waals surface area (Å²) in [5.41, 5.74) is 2.32. The quantitative estimate of drug-likeness (QED) is 0.735. The molecule has 1 aromatic carbocycles. The Kier molecular flexibility index (Phi) is 6.01. The zero-order chi connectivity index (χ0) is 22.2. The minimum absolute atomic E-state index is 0.00514. The molecule has 32 heavy (non-hydrogen) atoms. The van der Waals surface area contributed by atoms with Gasteiger partial charge in [-0.25, -0.2) is 4.79 Å². The minimum Gasteiger partial charge on any atom is -0.395 e. The number of aromatic nitrogens is 1. The fourth-order valence-electron chi connectivity index (χ4n) is 5.37. The topological polar surface area (TPSA) is 87.0 Å². The van der Waals surface area contributed by atoms with E-state index in [1.165, 1.54) is 5.56 Å². The monoisotopic (exact) mass is 460 g/mol. The molecule has 0 spiro atoms. The number of fused-ring (bicyclic) bond motifs is 2. The highest BCUT2D eigenvalue weighted by Gasteiger charge is 2.38. The van der Waals surface area contributed by atoms with Gasteiger partial charge in [-0.2, -0.15) is 0 Å². The van der Waals surface area contributed by atoms with E-state index in [0.29, 0.717) is 43.7 Å². The highest BCUT2D eigenvalue weighted by atomic mass is 35.5. The molecule has 2 aromatic rings. The normalized spacial score (nSPS) is 24.5. The summed E-state index contributed by atoms with van der Waals surface area (Å²) in [6, 6.07) is 5.82. The molecule has 0 bridgehead atoms. The zero-order valence-corrected chi connectivity index (χ0v) is 18.8. The summed E-state index contributed by atoms with van der Waals surface area (Å²) < 4.78 is 7.69. The van der Waals surface area contributed by atoms with Crippen LogP contribution in [0.1, 0.15) is 30.7 Å². The highest BCUT2D eigenvalue weighted by Crippen LogP contribution is 2.36. The van der Waals surface area contributed by atoms with Gasteiger partial charge in [0.25, 0.3) is 0 Å². The Balaban J connectivity index is 1.25. The third-order valence-corrected chi connectivity index (χ3v) is 7.25. The fraction of sp³-hybridized carbons (Fsp3) is 0.565. The number of hydrogen-bond donors (Lipinski definition) is 2. The number of aliphatic hydroxyl groups excluding tert-OH is 1. The number of carbonyl (C=O) groups excluding carboxylic acids is 2. The lowest BCUT2D eigenvalue weighted by Gasteiger charge is -2.43. The summed E-state index contributed by atoms with van der Waals surface area (Å²) in [5.74, 6) is 0.235. The molecule has 9 heteroatoms. The number of benzene rings is 1. The van der Waals surface area contributed by atoms with Crippen molar-refractivity contribution in [2.24, 2.45) is 0 Å². The predicted octanol–water partition coefficient (Wildman–Crippen LogP) is 2.18. The van der Waals surface area contributed by atoms with Crippen LogP contribution in [0.3, 0.4) is 0 Å². The first-order valence-corrected chi connectivity index (χ1v) is 11.7. The second-order valence-electron chi connectivity index (χ2n) is 8.96. The number of hydrogen-bond acceptors (Lipinski definition) is 4. The molecule has 4 heterocycles. The second kappa shape index (κ2) is 8.92. The number of likely N-dealkylation sites (tertiary alicyclic amines) is 2. The lowest BCUT2D eigenvalue weighted by atomic mass is 9.89. The Morgan fingerprint density at radius 2 is 1.97 bits per heavy atom. The fourth-order valence-corrected chi connectivity index (χ4v) is 5.54. The summed E-state index contributed by atoms with van der Waals surface area (Å²) in [4.78, 5) is 28.6. The molecule has 0 radical (unpaired) electrons. The minimum atomic E-state index is -0.117. The predicted molar refractivity (Wildman–Crippen MR) is 121 cm³/mol. The van der Waals surface area contributed by atoms with Crippen molar-refractivity contribution in [1.82, 2.24) is 19.7 Å². The average Bonchev–Trinajstić information content (AvgIpc) is 3.16. The smallest absolute Gasteiger partial charge is 0.320 e. The third-order valence-electron chi connectivity index (χ3n) is 7.01. The molecule has 0 aliphatic carbocycles. The molecule has 3 fully saturated rings. The first-order chi connectivity index (χ1) is 15.5. The molecule has 3 saturated heterocycles. The van der Waals surface area contributed by atoms with E-state index in [2.05, 4.69) is 16.1 Å². The van der Waals surface area contributed by atoms with Crippen molar-refractivity contribution in [2.75, 3.05) is 39.4 Å². The molecule has 3 aliphatic rings. The SMILES string of the molecule is O=C1COC2CCN(C(=O)N3CCC(c4cn(CCO)c5ccc(Cl)cc45)CC3)CC2N1. The number of urea groups is 1. The van der Waals surface area contributed by atoms with Crippen LogP contribution in [0.4, 0.5) is 4.79 Å². The first kappa shape index (κ1) is 21.6. The summed E-state index contributed by atoms with van der Waals surface area (Å²) >= 11 is 6.27. The van der Waals surface area contributed by atoms with Crippen LogP contribution >= 0.6 is 11.6 Å². The average molecular weight is 461 g/mol. The standard InChI is InChI=1S/C23H29ClN4O4/c24-16-1-2-20-17(11-16)18(12-27(20)9-10-29)15-3-6-26(7-4-15)23(31)28-8-5-21-19(13-28)25-22(30)14-32-21/h1-2,11-12,15,19,21,29H,3-10,13-14H2,(H,25,30). The van der Waals surface area contributed by atoms with E-state index in [9.17, 15) is 14.7 Å². The van der Waals surface area contributed by atoms with E-state index in [1.54, 1.807) is 0 Å². The van der Waals surface area contributed by atoms with Crippen LogP contribution in [-0.2, 0) is 16.1 Å². The van der Waals surface area contributed by atoms with Crippen LogP contribution in [0, 0.1) is 0 Å². The Morgan fingerprint density at radius 1 is 1.19 bits per heavy atom. The molecule has 3 amide bonds. The molecule has 172 valence electrons. The van der Waals surface area contributed by atoms with E-state index in [1.807, 2.05) is 28.0 Å². The molecule has 5 rings (SSSR count). The van der Waals surface area contributed by atoms with Crippen molar-refractivity contribution in [2.45, 2.75) is 43.9 Å². The van der Waals surface area contributed by atoms with E-state index >= 15 is 0 Å². The number of morpholine rings is 1. The number of aliphatic hydroxyl groups is 1. The second-order valence-corrected chi connectivity index (χ2v) is 9.40. The molecule has 0 saturated carbocycles. The van der Waals surface area contributed by atoms with Gasteiger partial charge < -0.3 is 29.5 Å². The Labute approximate surface area is 192 Å². The van der Waals surface area contributed by atoms with Gasteiger partial charge in [0.05, 0.1) is 18.8 Å². The first-order valence-electron chi connectivity index (χ1n) is 11.4. The molecular formula is C23H29ClN4O4. The highest BCUT2D eigenvalue weighted by molar-refractivity contribution is 6.31. The van der Waals surface area contributed by atoms with E-state index < -0.39 is 0 Å². The van der Waals surface area contributed by atoms with Gasteiger partial charge in [0, 0.05) is 54.8 Å². The van der Waals surface area contributed by atoms with Crippen molar-refractivity contribution in [3.05, 3.63) is 35.0 Å². The number of nitrogens with one attached hydrogen (secondary N) is 1. The maximum Gasteiger partial charge on any atom is 0.320 e. The van der Waals surface area contributed by atoms with Gasteiger partial charge in [0.15, 0.2) is 0 Å². The van der Waals surface area contributed by atoms with Crippen LogP contribution in [0.2, 0.25) is 5.02 Å². The molecule has 1 aromatic heterocycles. The van der Waals surface area contributed by atoms with Gasteiger partial charge in [-0.05, 0) is 48.9 Å². The van der Waals surface area contributed by atoms with Crippen molar-refractivity contribution in [3.8, 4) is 0 Å². The number of amides is 3. The van der Waals surface area contributed by atoms with Gasteiger partial charge in [0.1, 0.15) is 6.61 Å². The number of nitrogens with zero attached hydrogens (tertiary/aromatic N) is 3. The molecular weight excluding hydrogens is 432 g/mol. The van der Waals surface area contributed by atoms with Crippen LogP contribution in [0.5, 0.6) is 0 Å². The summed E-state index contributed by atoms with van der Waals surface area (Å²) in [5, 5.41) is 14.2. The van der Waals surface area contributed by atoms with Gasteiger partial charge in [-0.1, -0.05) is 11.6 Å². The van der Waals surface area contributed by atoms with Gasteiger partial charge in [-0.15, -0.1) is 0 Å². The van der Waals surface area contributed by atoms with Crippen molar-refractivity contribution in [1.29, 1.82) is 0 Å². The molecule has 3 aliphatic heterocycles. The number of ether oxygens (including phenoxy) is 1. The van der Waals surface area contributed by atoms with Crippen molar-refractivity contribution < 1.29 is 19.4 Å². The summed E-state index contributed by atoms with van der Waals surface area (Å²) in [7, 11) is 0. The van der Waals surface area contributed by atoms with Gasteiger partial charge in [-0.3, -0.25) is 4.79 Å². The van der Waals surface area contributed by atoms with E-state index in [4.69, 9.17) is 16.3 Å².